The van der Waals surface area contributed by atoms with Crippen LogP contribution >= 0.6 is 0 Å². The van der Waals surface area contributed by atoms with Gasteiger partial charge in [0.25, 0.3) is 0 Å². The lowest BCUT2D eigenvalue weighted by molar-refractivity contribution is 0.0593. The third-order valence-corrected chi connectivity index (χ3v) is 3.93. The van der Waals surface area contributed by atoms with Crippen molar-refractivity contribution in [3.8, 4) is 0 Å². The second-order valence-electron chi connectivity index (χ2n) is 6.05. The van der Waals surface area contributed by atoms with Gasteiger partial charge in [-0.3, -0.25) is 4.79 Å². The van der Waals surface area contributed by atoms with Gasteiger partial charge in [0.15, 0.2) is 5.78 Å². The fourth-order valence-corrected chi connectivity index (χ4v) is 2.70. The number of H-pyrrole nitrogens is 1. The van der Waals surface area contributed by atoms with Crippen molar-refractivity contribution in [2.45, 2.75) is 53.6 Å². The average Bonchev–Trinajstić information content (AvgIpc) is 2.80. The first-order chi connectivity index (χ1) is 11.1. The summed E-state index contributed by atoms with van der Waals surface area (Å²) in [5.74, 6) is -0.732. The Morgan fingerprint density at radius 1 is 1.21 bits per heavy atom. The van der Waals surface area contributed by atoms with E-state index in [9.17, 15) is 14.4 Å². The molecule has 0 saturated carbocycles. The van der Waals surface area contributed by atoms with Crippen molar-refractivity contribution in [1.82, 2.24) is 15.2 Å². The van der Waals surface area contributed by atoms with E-state index in [0.29, 0.717) is 23.4 Å². The highest BCUT2D eigenvalue weighted by Gasteiger charge is 2.30. The topological polar surface area (TPSA) is 91.5 Å². The summed E-state index contributed by atoms with van der Waals surface area (Å²) in [6.45, 7) is 11.1. The van der Waals surface area contributed by atoms with E-state index in [-0.39, 0.29) is 23.6 Å². The first-order valence-electron chi connectivity index (χ1n) is 8.04. The summed E-state index contributed by atoms with van der Waals surface area (Å²) in [5, 5.41) is 2.80. The number of ether oxygens (including phenoxy) is 1. The van der Waals surface area contributed by atoms with Crippen molar-refractivity contribution in [3.63, 3.8) is 0 Å². The van der Waals surface area contributed by atoms with Crippen LogP contribution in [0.5, 0.6) is 0 Å². The van der Waals surface area contributed by atoms with E-state index < -0.39 is 12.0 Å². The summed E-state index contributed by atoms with van der Waals surface area (Å²) in [7, 11) is 1.29. The number of rotatable bonds is 6. The van der Waals surface area contributed by atoms with Gasteiger partial charge in [0, 0.05) is 23.8 Å². The van der Waals surface area contributed by atoms with Crippen LogP contribution in [0.4, 0.5) is 4.79 Å². The maximum absolute atomic E-state index is 12.9. The number of aryl methyl sites for hydroxylation is 1. The van der Waals surface area contributed by atoms with Crippen LogP contribution in [0.1, 0.15) is 59.8 Å². The molecular weight excluding hydrogens is 310 g/mol. The molecule has 0 aliphatic carbocycles. The predicted octanol–water partition coefficient (Wildman–Crippen LogP) is 2.43. The molecule has 1 aromatic heterocycles. The van der Waals surface area contributed by atoms with E-state index in [1.807, 2.05) is 20.8 Å². The molecule has 1 atom stereocenters. The molecule has 0 aliphatic heterocycles. The van der Waals surface area contributed by atoms with Crippen LogP contribution in [-0.2, 0) is 4.74 Å². The third kappa shape index (κ3) is 3.96. The number of Topliss-reactive ketones (excluding diaryl/α,β-unsaturated/α-hetero) is 1. The van der Waals surface area contributed by atoms with Crippen molar-refractivity contribution >= 4 is 17.8 Å². The number of methoxy groups -OCH3 is 1. The quantitative estimate of drug-likeness (QED) is 0.616. The fraction of sp³-hybridized carbons (Fsp3) is 0.588. The molecule has 134 valence electrons. The van der Waals surface area contributed by atoms with Gasteiger partial charge >= 0.3 is 12.0 Å². The molecule has 2 N–H and O–H groups in total. The minimum absolute atomic E-state index is 0.0180. The number of carbonyl (C=O) groups excluding carboxylic acids is 3. The number of nitrogens with zero attached hydrogens (tertiary/aromatic N) is 1. The predicted molar refractivity (Wildman–Crippen MR) is 91.4 cm³/mol. The van der Waals surface area contributed by atoms with E-state index in [2.05, 4.69) is 10.3 Å². The number of aromatic nitrogens is 1. The lowest BCUT2D eigenvalue weighted by atomic mass is 10.00. The van der Waals surface area contributed by atoms with Gasteiger partial charge in [-0.2, -0.15) is 0 Å². The molecule has 1 aromatic rings. The highest BCUT2D eigenvalue weighted by atomic mass is 16.5. The van der Waals surface area contributed by atoms with Gasteiger partial charge in [-0.1, -0.05) is 0 Å². The SMILES string of the molecule is CCN(C(=O)NC(C)C)[C@H](C)C(=O)c1c(C)[nH]c(C(=O)OC)c1C. The highest BCUT2D eigenvalue weighted by Crippen LogP contribution is 2.22. The molecule has 1 heterocycles. The molecule has 2 amide bonds. The fourth-order valence-electron chi connectivity index (χ4n) is 2.70. The molecule has 7 nitrogen and oxygen atoms in total. The first-order valence-corrected chi connectivity index (χ1v) is 8.04. The maximum Gasteiger partial charge on any atom is 0.354 e. The van der Waals surface area contributed by atoms with E-state index in [0.717, 1.165) is 0 Å². The number of hydrogen-bond acceptors (Lipinski definition) is 4. The summed E-state index contributed by atoms with van der Waals surface area (Å²) < 4.78 is 4.72. The zero-order valence-electron chi connectivity index (χ0n) is 15.4. The molecule has 1 rings (SSSR count). The Morgan fingerprint density at radius 2 is 1.79 bits per heavy atom. The van der Waals surface area contributed by atoms with Gasteiger partial charge < -0.3 is 19.9 Å². The van der Waals surface area contributed by atoms with Gasteiger partial charge in [0.2, 0.25) is 0 Å². The van der Waals surface area contributed by atoms with Crippen LogP contribution in [0.25, 0.3) is 0 Å². The van der Waals surface area contributed by atoms with Gasteiger partial charge in [0.05, 0.1) is 13.2 Å². The molecule has 0 aromatic carbocycles. The van der Waals surface area contributed by atoms with Crippen LogP contribution in [0.3, 0.4) is 0 Å². The Kier molecular flexibility index (Phi) is 6.57. The molecule has 7 heteroatoms. The smallest absolute Gasteiger partial charge is 0.354 e. The van der Waals surface area contributed by atoms with Gasteiger partial charge in [0.1, 0.15) is 5.69 Å². The van der Waals surface area contributed by atoms with Crippen LogP contribution in [0, 0.1) is 13.8 Å². The van der Waals surface area contributed by atoms with E-state index in [4.69, 9.17) is 4.74 Å². The Hall–Kier alpha value is -2.31. The average molecular weight is 337 g/mol. The molecule has 24 heavy (non-hydrogen) atoms. The molecule has 0 unspecified atom stereocenters. The number of urea groups is 1. The number of carbonyl (C=O) groups is 3. The summed E-state index contributed by atoms with van der Waals surface area (Å²) >= 11 is 0. The van der Waals surface area contributed by atoms with Gasteiger partial charge in [-0.15, -0.1) is 0 Å². The monoisotopic (exact) mass is 337 g/mol. The molecule has 0 radical (unpaired) electrons. The van der Waals surface area contributed by atoms with Crippen molar-refractivity contribution in [3.05, 3.63) is 22.5 Å². The number of nitrogens with one attached hydrogen (secondary N) is 2. The largest absolute Gasteiger partial charge is 0.464 e. The lowest BCUT2D eigenvalue weighted by Gasteiger charge is -2.28. The second-order valence-corrected chi connectivity index (χ2v) is 6.05. The Bertz CT molecular complexity index is 634. The zero-order chi connectivity index (χ0) is 18.6. The Morgan fingerprint density at radius 3 is 2.25 bits per heavy atom. The number of aromatic amines is 1. The molecule has 0 spiro atoms. The number of likely N-dealkylation sites (N-methyl/N-ethyl adjacent to an activating group) is 1. The van der Waals surface area contributed by atoms with Crippen molar-refractivity contribution in [2.24, 2.45) is 0 Å². The van der Waals surface area contributed by atoms with E-state index >= 15 is 0 Å². The maximum atomic E-state index is 12.9. The normalized spacial score (nSPS) is 12.0. The summed E-state index contributed by atoms with van der Waals surface area (Å²) in [4.78, 5) is 41.3. The van der Waals surface area contributed by atoms with Crippen molar-refractivity contribution in [2.75, 3.05) is 13.7 Å². The standard InChI is InChI=1S/C17H27N3O4/c1-8-20(17(23)18-9(2)3)12(6)15(21)13-10(4)14(16(22)24-7)19-11(13)5/h9,12,19H,8H2,1-7H3,(H,18,23)/t12-/m1/s1. The molecule has 0 fully saturated rings. The molecule has 0 saturated heterocycles. The highest BCUT2D eigenvalue weighted by molar-refractivity contribution is 6.06. The van der Waals surface area contributed by atoms with Crippen LogP contribution in [-0.4, -0.2) is 53.4 Å². The van der Waals surface area contributed by atoms with E-state index in [1.54, 1.807) is 20.8 Å². The molecular formula is C17H27N3O4. The van der Waals surface area contributed by atoms with Crippen LogP contribution in [0.15, 0.2) is 0 Å². The number of amides is 2. The lowest BCUT2D eigenvalue weighted by Crippen LogP contribution is -2.49. The van der Waals surface area contributed by atoms with Gasteiger partial charge in [-0.05, 0) is 47.1 Å². The van der Waals surface area contributed by atoms with Crippen molar-refractivity contribution in [1.29, 1.82) is 0 Å². The molecule has 0 bridgehead atoms. The minimum Gasteiger partial charge on any atom is -0.464 e. The Labute approximate surface area is 142 Å². The number of esters is 1. The minimum atomic E-state index is -0.646. The summed E-state index contributed by atoms with van der Waals surface area (Å²) in [6.07, 6.45) is 0. The number of hydrogen-bond donors (Lipinski definition) is 2. The number of ketones is 1. The summed E-state index contributed by atoms with van der Waals surface area (Å²) in [6, 6.07) is -0.949. The zero-order valence-corrected chi connectivity index (χ0v) is 15.4. The third-order valence-electron chi connectivity index (χ3n) is 3.93. The first kappa shape index (κ1) is 19.7. The van der Waals surface area contributed by atoms with Crippen LogP contribution in [0.2, 0.25) is 0 Å². The Balaban J connectivity index is 3.14. The second kappa shape index (κ2) is 7.99. The van der Waals surface area contributed by atoms with Gasteiger partial charge in [-0.25, -0.2) is 9.59 Å². The summed E-state index contributed by atoms with van der Waals surface area (Å²) in [5.41, 5.74) is 1.82. The van der Waals surface area contributed by atoms with Crippen molar-refractivity contribution < 1.29 is 19.1 Å². The van der Waals surface area contributed by atoms with Crippen LogP contribution < -0.4 is 5.32 Å². The molecule has 0 aliphatic rings. The van der Waals surface area contributed by atoms with E-state index in [1.165, 1.54) is 12.0 Å².